The van der Waals surface area contributed by atoms with Crippen LogP contribution in [0.3, 0.4) is 0 Å². The van der Waals surface area contributed by atoms with Gasteiger partial charge in [0.2, 0.25) is 5.91 Å². The maximum atomic E-state index is 12.4. The first-order valence-corrected chi connectivity index (χ1v) is 9.00. The van der Waals surface area contributed by atoms with E-state index in [4.69, 9.17) is 0 Å². The monoisotopic (exact) mass is 355 g/mol. The molecular formula is C19H25N5O2. The molecule has 2 amide bonds. The van der Waals surface area contributed by atoms with Crippen molar-refractivity contribution in [3.8, 4) is 11.3 Å². The molecule has 3 heterocycles. The molecule has 1 N–H and O–H groups in total. The second-order valence-corrected chi connectivity index (χ2v) is 6.69. The maximum absolute atomic E-state index is 12.4. The average molecular weight is 355 g/mol. The van der Waals surface area contributed by atoms with Crippen molar-refractivity contribution < 1.29 is 9.59 Å². The average Bonchev–Trinajstić information content (AvgIpc) is 3.14. The molecule has 0 bridgehead atoms. The van der Waals surface area contributed by atoms with Crippen LogP contribution in [0.15, 0.2) is 18.3 Å². The normalized spacial score (nSPS) is 14.1. The Morgan fingerprint density at radius 2 is 2.15 bits per heavy atom. The molecule has 7 nitrogen and oxygen atoms in total. The van der Waals surface area contributed by atoms with Crippen molar-refractivity contribution in [3.63, 3.8) is 0 Å². The lowest BCUT2D eigenvalue weighted by Crippen LogP contribution is -2.30. The zero-order valence-corrected chi connectivity index (χ0v) is 15.6. The zero-order valence-electron chi connectivity index (χ0n) is 15.6. The van der Waals surface area contributed by atoms with Crippen LogP contribution in [0.2, 0.25) is 0 Å². The van der Waals surface area contributed by atoms with E-state index in [1.54, 1.807) is 18.3 Å². The fourth-order valence-corrected chi connectivity index (χ4v) is 3.37. The molecule has 0 aromatic carbocycles. The Morgan fingerprint density at radius 1 is 1.35 bits per heavy atom. The van der Waals surface area contributed by atoms with Crippen molar-refractivity contribution >= 4 is 11.8 Å². The minimum Gasteiger partial charge on any atom is -0.352 e. The summed E-state index contributed by atoms with van der Waals surface area (Å²) in [5, 5.41) is 7.34. The molecule has 0 saturated carbocycles. The number of nitrogens with zero attached hydrogens (tertiary/aromatic N) is 4. The van der Waals surface area contributed by atoms with E-state index in [1.807, 2.05) is 30.5 Å². The van der Waals surface area contributed by atoms with E-state index in [2.05, 4.69) is 15.4 Å². The van der Waals surface area contributed by atoms with Crippen molar-refractivity contribution in [3.05, 3.63) is 35.3 Å². The number of likely N-dealkylation sites (tertiary alicyclic amines) is 1. The van der Waals surface area contributed by atoms with E-state index in [-0.39, 0.29) is 11.8 Å². The van der Waals surface area contributed by atoms with Gasteiger partial charge in [-0.3, -0.25) is 19.3 Å². The van der Waals surface area contributed by atoms with Gasteiger partial charge in [-0.25, -0.2) is 0 Å². The number of rotatable bonds is 6. The van der Waals surface area contributed by atoms with Gasteiger partial charge in [-0.05, 0) is 38.8 Å². The molecule has 2 aromatic heterocycles. The molecule has 1 aliphatic rings. The van der Waals surface area contributed by atoms with Crippen LogP contribution in [0.4, 0.5) is 0 Å². The summed E-state index contributed by atoms with van der Waals surface area (Å²) in [6.45, 7) is 6.02. The molecule has 26 heavy (non-hydrogen) atoms. The molecular weight excluding hydrogens is 330 g/mol. The summed E-state index contributed by atoms with van der Waals surface area (Å²) < 4.78 is 1.82. The Bertz CT molecular complexity index is 827. The number of amides is 2. The molecule has 0 unspecified atom stereocenters. The predicted molar refractivity (Wildman–Crippen MR) is 98.7 cm³/mol. The highest BCUT2D eigenvalue weighted by Crippen LogP contribution is 2.25. The SMILES string of the molecule is Cc1nn(C)c(C)c1-c1cc(C(=O)NCCCN2CCCC2=O)ccn1. The van der Waals surface area contributed by atoms with Crippen LogP contribution >= 0.6 is 0 Å². The number of pyridine rings is 1. The summed E-state index contributed by atoms with van der Waals surface area (Å²) in [4.78, 5) is 30.3. The summed E-state index contributed by atoms with van der Waals surface area (Å²) in [7, 11) is 1.90. The first kappa shape index (κ1) is 18.1. The highest BCUT2D eigenvalue weighted by molar-refractivity contribution is 5.95. The van der Waals surface area contributed by atoms with Gasteiger partial charge in [0.15, 0.2) is 0 Å². The van der Waals surface area contributed by atoms with Gasteiger partial charge < -0.3 is 10.2 Å². The third kappa shape index (κ3) is 3.76. The van der Waals surface area contributed by atoms with Crippen LogP contribution < -0.4 is 5.32 Å². The number of carbonyl (C=O) groups excluding carboxylic acids is 2. The number of aryl methyl sites for hydroxylation is 2. The van der Waals surface area contributed by atoms with Crippen LogP contribution in [0.1, 0.15) is 41.0 Å². The summed E-state index contributed by atoms with van der Waals surface area (Å²) in [6, 6.07) is 3.51. The minimum absolute atomic E-state index is 0.124. The van der Waals surface area contributed by atoms with E-state index in [9.17, 15) is 9.59 Å². The Labute approximate surface area is 153 Å². The van der Waals surface area contributed by atoms with E-state index in [0.29, 0.717) is 25.1 Å². The minimum atomic E-state index is -0.124. The van der Waals surface area contributed by atoms with Gasteiger partial charge >= 0.3 is 0 Å². The lowest BCUT2D eigenvalue weighted by Gasteiger charge is -2.15. The van der Waals surface area contributed by atoms with Gasteiger partial charge in [0.25, 0.3) is 5.91 Å². The largest absolute Gasteiger partial charge is 0.352 e. The van der Waals surface area contributed by atoms with Crippen molar-refractivity contribution in [1.82, 2.24) is 25.0 Å². The first-order valence-electron chi connectivity index (χ1n) is 9.00. The van der Waals surface area contributed by atoms with Gasteiger partial charge in [-0.1, -0.05) is 0 Å². The molecule has 3 rings (SSSR count). The molecule has 0 aliphatic carbocycles. The molecule has 0 atom stereocenters. The fourth-order valence-electron chi connectivity index (χ4n) is 3.37. The standard InChI is InChI=1S/C19H25N5O2/c1-13-18(14(2)23(3)22-13)16-12-15(7-9-20-16)19(26)21-8-5-11-24-10-4-6-17(24)25/h7,9,12H,4-6,8,10-11H2,1-3H3,(H,21,26). The fraction of sp³-hybridized carbons (Fsp3) is 0.474. The third-order valence-corrected chi connectivity index (χ3v) is 4.85. The molecule has 1 saturated heterocycles. The smallest absolute Gasteiger partial charge is 0.251 e. The van der Waals surface area contributed by atoms with Crippen LogP contribution in [-0.2, 0) is 11.8 Å². The second kappa shape index (κ2) is 7.68. The summed E-state index contributed by atoms with van der Waals surface area (Å²) >= 11 is 0. The molecule has 7 heteroatoms. The van der Waals surface area contributed by atoms with Gasteiger partial charge in [-0.15, -0.1) is 0 Å². The van der Waals surface area contributed by atoms with Crippen molar-refractivity contribution in [2.75, 3.05) is 19.6 Å². The van der Waals surface area contributed by atoms with Crippen LogP contribution in [0.25, 0.3) is 11.3 Å². The van der Waals surface area contributed by atoms with Gasteiger partial charge in [0.05, 0.1) is 11.4 Å². The molecule has 0 radical (unpaired) electrons. The van der Waals surface area contributed by atoms with Gasteiger partial charge in [0, 0.05) is 56.1 Å². The van der Waals surface area contributed by atoms with E-state index < -0.39 is 0 Å². The number of hydrogen-bond donors (Lipinski definition) is 1. The highest BCUT2D eigenvalue weighted by Gasteiger charge is 2.19. The Hall–Kier alpha value is -2.70. The Morgan fingerprint density at radius 3 is 2.81 bits per heavy atom. The van der Waals surface area contributed by atoms with Crippen LogP contribution in [0, 0.1) is 13.8 Å². The third-order valence-electron chi connectivity index (χ3n) is 4.85. The lowest BCUT2D eigenvalue weighted by molar-refractivity contribution is -0.127. The Balaban J connectivity index is 1.60. The maximum Gasteiger partial charge on any atom is 0.251 e. The van der Waals surface area contributed by atoms with Crippen molar-refractivity contribution in [2.45, 2.75) is 33.1 Å². The van der Waals surface area contributed by atoms with E-state index >= 15 is 0 Å². The number of aromatic nitrogens is 3. The van der Waals surface area contributed by atoms with Crippen LogP contribution in [-0.4, -0.2) is 51.1 Å². The Kier molecular flexibility index (Phi) is 5.35. The predicted octanol–water partition coefficient (Wildman–Crippen LogP) is 1.84. The van der Waals surface area contributed by atoms with E-state index in [0.717, 1.165) is 42.0 Å². The molecule has 138 valence electrons. The van der Waals surface area contributed by atoms with Gasteiger partial charge in [-0.2, -0.15) is 5.10 Å². The zero-order chi connectivity index (χ0) is 18.7. The van der Waals surface area contributed by atoms with Crippen molar-refractivity contribution in [2.24, 2.45) is 7.05 Å². The van der Waals surface area contributed by atoms with Crippen LogP contribution in [0.5, 0.6) is 0 Å². The molecule has 0 spiro atoms. The highest BCUT2D eigenvalue weighted by atomic mass is 16.2. The molecule has 1 aliphatic heterocycles. The number of carbonyl (C=O) groups is 2. The van der Waals surface area contributed by atoms with E-state index in [1.165, 1.54) is 0 Å². The number of nitrogens with one attached hydrogen (secondary N) is 1. The summed E-state index contributed by atoms with van der Waals surface area (Å²) in [6.07, 6.45) is 4.01. The topological polar surface area (TPSA) is 80.1 Å². The summed E-state index contributed by atoms with van der Waals surface area (Å²) in [5.41, 5.74) is 4.21. The lowest BCUT2D eigenvalue weighted by atomic mass is 10.1. The second-order valence-electron chi connectivity index (χ2n) is 6.69. The molecule has 2 aromatic rings. The first-order chi connectivity index (χ1) is 12.5. The van der Waals surface area contributed by atoms with Crippen molar-refractivity contribution in [1.29, 1.82) is 0 Å². The number of hydrogen-bond acceptors (Lipinski definition) is 4. The summed E-state index contributed by atoms with van der Waals surface area (Å²) in [5.74, 6) is 0.0953. The van der Waals surface area contributed by atoms with Gasteiger partial charge in [0.1, 0.15) is 0 Å². The quantitative estimate of drug-likeness (QED) is 0.802. The molecule has 1 fully saturated rings.